The highest BCUT2D eigenvalue weighted by molar-refractivity contribution is 5.54. The zero-order chi connectivity index (χ0) is 5.91. The minimum absolute atomic E-state index is 0.215. The van der Waals surface area contributed by atoms with Gasteiger partial charge in [0, 0.05) is 6.42 Å². The Morgan fingerprint density at radius 2 is 1.86 bits per heavy atom. The molecule has 0 amide bonds. The van der Waals surface area contributed by atoms with Gasteiger partial charge in [-0.25, -0.2) is 0 Å². The van der Waals surface area contributed by atoms with Crippen LogP contribution in [0, 0.1) is 5.41 Å². The number of hydrogen-bond acceptors (Lipinski definition) is 4. The quantitative estimate of drug-likeness (QED) is 0.253. The van der Waals surface area contributed by atoms with Crippen LogP contribution >= 0.6 is 0 Å². The third-order valence-corrected chi connectivity index (χ3v) is 0.456. The van der Waals surface area contributed by atoms with E-state index in [4.69, 9.17) is 22.6 Å². The zero-order valence-corrected chi connectivity index (χ0v) is 4.02. The molecular weight excluding hydrogens is 92.1 g/mol. The van der Waals surface area contributed by atoms with Crippen LogP contribution < -0.4 is 17.2 Å². The standard InChI is InChI=1S/C3H10N4/c4-2-1-3(5,6)7/h2,4H,1,5-7H2. The van der Waals surface area contributed by atoms with Crippen molar-refractivity contribution in [3.05, 3.63) is 0 Å². The van der Waals surface area contributed by atoms with E-state index >= 15 is 0 Å². The molecule has 4 heteroatoms. The molecule has 42 valence electrons. The van der Waals surface area contributed by atoms with E-state index in [1.54, 1.807) is 0 Å². The van der Waals surface area contributed by atoms with Crippen LogP contribution in [0.4, 0.5) is 0 Å². The van der Waals surface area contributed by atoms with Crippen LogP contribution in [0.3, 0.4) is 0 Å². The van der Waals surface area contributed by atoms with Crippen molar-refractivity contribution in [2.75, 3.05) is 0 Å². The summed E-state index contributed by atoms with van der Waals surface area (Å²) in [5, 5.41) is 6.49. The van der Waals surface area contributed by atoms with Crippen LogP contribution in [0.25, 0.3) is 0 Å². The first-order chi connectivity index (χ1) is 3.06. The summed E-state index contributed by atoms with van der Waals surface area (Å²) >= 11 is 0. The summed E-state index contributed by atoms with van der Waals surface area (Å²) in [6, 6.07) is 0. The van der Waals surface area contributed by atoms with Crippen molar-refractivity contribution in [2.24, 2.45) is 17.2 Å². The molecule has 4 nitrogen and oxygen atoms in total. The van der Waals surface area contributed by atoms with E-state index in [-0.39, 0.29) is 6.42 Å². The van der Waals surface area contributed by atoms with Gasteiger partial charge in [0.2, 0.25) is 0 Å². The molecule has 0 aromatic rings. The van der Waals surface area contributed by atoms with Crippen molar-refractivity contribution in [1.82, 2.24) is 0 Å². The van der Waals surface area contributed by atoms with E-state index in [1.807, 2.05) is 0 Å². The molecule has 0 bridgehead atoms. The van der Waals surface area contributed by atoms with Crippen LogP contribution in [0.5, 0.6) is 0 Å². The normalized spacial score (nSPS) is 11.3. The van der Waals surface area contributed by atoms with Crippen molar-refractivity contribution in [3.63, 3.8) is 0 Å². The second-order valence-electron chi connectivity index (χ2n) is 1.52. The maximum Gasteiger partial charge on any atom is 0.120 e. The molecule has 7 N–H and O–H groups in total. The Bertz CT molecular complexity index is 61.8. The molecule has 0 spiro atoms. The molecule has 0 heterocycles. The van der Waals surface area contributed by atoms with Gasteiger partial charge in [-0.05, 0) is 6.21 Å². The average Bonchev–Trinajstić information content (AvgIpc) is 1.30. The summed E-state index contributed by atoms with van der Waals surface area (Å²) in [5.41, 5.74) is 15.2. The topological polar surface area (TPSA) is 102 Å². The van der Waals surface area contributed by atoms with Crippen LogP contribution in [0.15, 0.2) is 0 Å². The fourth-order valence-corrected chi connectivity index (χ4v) is 0.177. The average molecular weight is 102 g/mol. The molecule has 0 unspecified atom stereocenters. The summed E-state index contributed by atoms with van der Waals surface area (Å²) in [6.07, 6.45) is 1.30. The van der Waals surface area contributed by atoms with Gasteiger partial charge in [0.1, 0.15) is 5.79 Å². The third-order valence-electron chi connectivity index (χ3n) is 0.456. The summed E-state index contributed by atoms with van der Waals surface area (Å²) in [4.78, 5) is 0. The molecule has 0 fully saturated rings. The second-order valence-corrected chi connectivity index (χ2v) is 1.52. The van der Waals surface area contributed by atoms with Gasteiger partial charge in [-0.2, -0.15) is 0 Å². The highest BCUT2D eigenvalue weighted by Gasteiger charge is 2.06. The Hall–Kier alpha value is -0.450. The molecule has 0 aliphatic heterocycles. The van der Waals surface area contributed by atoms with Crippen molar-refractivity contribution < 1.29 is 0 Å². The van der Waals surface area contributed by atoms with Crippen molar-refractivity contribution in [3.8, 4) is 0 Å². The fourth-order valence-electron chi connectivity index (χ4n) is 0.177. The van der Waals surface area contributed by atoms with Gasteiger partial charge in [-0.15, -0.1) is 0 Å². The minimum atomic E-state index is -1.19. The van der Waals surface area contributed by atoms with Gasteiger partial charge in [0.25, 0.3) is 0 Å². The highest BCUT2D eigenvalue weighted by Crippen LogP contribution is 1.79. The lowest BCUT2D eigenvalue weighted by atomic mass is 10.3. The van der Waals surface area contributed by atoms with E-state index in [0.29, 0.717) is 0 Å². The zero-order valence-electron chi connectivity index (χ0n) is 4.02. The molecule has 0 atom stereocenters. The Morgan fingerprint density at radius 3 is 1.86 bits per heavy atom. The van der Waals surface area contributed by atoms with Gasteiger partial charge < -0.3 is 22.6 Å². The predicted molar refractivity (Wildman–Crippen MR) is 28.7 cm³/mol. The molecule has 0 rings (SSSR count). The molecular formula is C3H10N4. The summed E-state index contributed by atoms with van der Waals surface area (Å²) in [6.45, 7) is 0. The molecule has 0 aliphatic carbocycles. The highest BCUT2D eigenvalue weighted by atomic mass is 15.1. The van der Waals surface area contributed by atoms with E-state index in [0.717, 1.165) is 6.21 Å². The Morgan fingerprint density at radius 1 is 1.43 bits per heavy atom. The number of nitrogens with one attached hydrogen (secondary N) is 1. The number of rotatable bonds is 2. The Kier molecular flexibility index (Phi) is 1.89. The summed E-state index contributed by atoms with van der Waals surface area (Å²) in [7, 11) is 0. The van der Waals surface area contributed by atoms with Crippen molar-refractivity contribution >= 4 is 6.21 Å². The smallest absolute Gasteiger partial charge is 0.120 e. The summed E-state index contributed by atoms with van der Waals surface area (Å²) < 4.78 is 0. The first kappa shape index (κ1) is 6.55. The molecule has 0 saturated heterocycles. The number of hydrogen-bond donors (Lipinski definition) is 4. The van der Waals surface area contributed by atoms with Crippen LogP contribution in [0.1, 0.15) is 6.42 Å². The minimum Gasteiger partial charge on any atom is -0.313 e. The predicted octanol–water partition coefficient (Wildman–Crippen LogP) is -1.44. The lowest BCUT2D eigenvalue weighted by Gasteiger charge is -2.13. The third kappa shape index (κ3) is 5.55. The first-order valence-corrected chi connectivity index (χ1v) is 1.92. The fraction of sp³-hybridized carbons (Fsp3) is 0.667. The van der Waals surface area contributed by atoms with E-state index in [1.165, 1.54) is 0 Å². The van der Waals surface area contributed by atoms with E-state index in [9.17, 15) is 0 Å². The van der Waals surface area contributed by atoms with Gasteiger partial charge in [0.05, 0.1) is 0 Å². The van der Waals surface area contributed by atoms with Crippen LogP contribution in [-0.2, 0) is 0 Å². The molecule has 7 heavy (non-hydrogen) atoms. The van der Waals surface area contributed by atoms with Gasteiger partial charge in [0.15, 0.2) is 0 Å². The maximum atomic E-state index is 6.49. The first-order valence-electron chi connectivity index (χ1n) is 1.92. The van der Waals surface area contributed by atoms with Gasteiger partial charge in [-0.3, -0.25) is 0 Å². The molecule has 0 aliphatic rings. The van der Waals surface area contributed by atoms with E-state index < -0.39 is 5.79 Å². The SMILES string of the molecule is N=CCC(N)(N)N. The van der Waals surface area contributed by atoms with Gasteiger partial charge in [-0.1, -0.05) is 0 Å². The molecule has 0 aromatic carbocycles. The second kappa shape index (κ2) is 2.02. The molecule has 0 aromatic heterocycles. The monoisotopic (exact) mass is 102 g/mol. The van der Waals surface area contributed by atoms with Gasteiger partial charge >= 0.3 is 0 Å². The number of nitrogens with two attached hydrogens (primary N) is 3. The lowest BCUT2D eigenvalue weighted by molar-refractivity contribution is 0.484. The molecule has 0 radical (unpaired) electrons. The Balaban J connectivity index is 3.34. The lowest BCUT2D eigenvalue weighted by Crippen LogP contribution is -2.57. The summed E-state index contributed by atoms with van der Waals surface area (Å²) in [5.74, 6) is -1.19. The van der Waals surface area contributed by atoms with E-state index in [2.05, 4.69) is 0 Å². The van der Waals surface area contributed by atoms with Crippen molar-refractivity contribution in [1.29, 1.82) is 5.41 Å². The van der Waals surface area contributed by atoms with Crippen LogP contribution in [0.2, 0.25) is 0 Å². The molecule has 0 saturated carbocycles. The largest absolute Gasteiger partial charge is 0.313 e. The van der Waals surface area contributed by atoms with Crippen molar-refractivity contribution in [2.45, 2.75) is 12.2 Å². The van der Waals surface area contributed by atoms with Crippen LogP contribution in [-0.4, -0.2) is 12.0 Å². The maximum absolute atomic E-state index is 6.49. The Labute approximate surface area is 42.2 Å².